The number of likely N-dealkylation sites (N-methyl/N-ethyl adjacent to an activating group) is 2. The second-order valence-corrected chi connectivity index (χ2v) is 8.05. The summed E-state index contributed by atoms with van der Waals surface area (Å²) in [5.41, 5.74) is 6.66. The van der Waals surface area contributed by atoms with Gasteiger partial charge in [0.15, 0.2) is 0 Å². The van der Waals surface area contributed by atoms with Gasteiger partial charge in [-0.2, -0.15) is 0 Å². The third-order valence-electron chi connectivity index (χ3n) is 6.45. The first-order chi connectivity index (χ1) is 9.32. The van der Waals surface area contributed by atoms with Gasteiger partial charge >= 0.3 is 0 Å². The first-order valence-electron chi connectivity index (χ1n) is 8.46. The van der Waals surface area contributed by atoms with Crippen LogP contribution in [0.25, 0.3) is 0 Å². The highest BCUT2D eigenvalue weighted by Gasteiger charge is 2.42. The molecule has 2 fully saturated rings. The molecule has 2 aliphatic rings. The lowest BCUT2D eigenvalue weighted by Gasteiger charge is -2.49. The summed E-state index contributed by atoms with van der Waals surface area (Å²) in [4.78, 5) is 5.11. The van der Waals surface area contributed by atoms with E-state index in [9.17, 15) is 0 Å². The summed E-state index contributed by atoms with van der Waals surface area (Å²) in [5, 5.41) is 0. The van der Waals surface area contributed by atoms with Gasteiger partial charge in [-0.1, -0.05) is 20.8 Å². The number of hydrogen-bond acceptors (Lipinski definition) is 3. The van der Waals surface area contributed by atoms with E-state index in [1.165, 1.54) is 45.3 Å². The summed E-state index contributed by atoms with van der Waals surface area (Å²) in [5.74, 6) is 1.42. The molecule has 2 rings (SSSR count). The van der Waals surface area contributed by atoms with E-state index in [0.29, 0.717) is 17.4 Å². The lowest BCUT2D eigenvalue weighted by atomic mass is 9.61. The van der Waals surface area contributed by atoms with Gasteiger partial charge in [0, 0.05) is 25.2 Å². The van der Waals surface area contributed by atoms with Gasteiger partial charge in [-0.15, -0.1) is 0 Å². The minimum atomic E-state index is 0.368. The highest BCUT2D eigenvalue weighted by molar-refractivity contribution is 4.95. The molecule has 118 valence electrons. The minimum Gasteiger partial charge on any atom is -0.327 e. The van der Waals surface area contributed by atoms with Gasteiger partial charge in [-0.05, 0) is 63.6 Å². The highest BCUT2D eigenvalue weighted by Crippen LogP contribution is 2.44. The minimum absolute atomic E-state index is 0.368. The van der Waals surface area contributed by atoms with Crippen molar-refractivity contribution in [1.82, 2.24) is 9.80 Å². The van der Waals surface area contributed by atoms with E-state index in [1.807, 2.05) is 0 Å². The number of hydrogen-bond donors (Lipinski definition) is 1. The van der Waals surface area contributed by atoms with Gasteiger partial charge in [0.25, 0.3) is 0 Å². The lowest BCUT2D eigenvalue weighted by molar-refractivity contribution is 0.0170. The van der Waals surface area contributed by atoms with Gasteiger partial charge in [-0.3, -0.25) is 0 Å². The fourth-order valence-electron chi connectivity index (χ4n) is 4.26. The van der Waals surface area contributed by atoms with E-state index in [1.54, 1.807) is 0 Å². The maximum absolute atomic E-state index is 6.29. The van der Waals surface area contributed by atoms with Crippen LogP contribution in [-0.4, -0.2) is 55.6 Å². The topological polar surface area (TPSA) is 32.5 Å². The second kappa shape index (κ2) is 6.33. The van der Waals surface area contributed by atoms with Crippen LogP contribution in [0, 0.1) is 17.3 Å². The Morgan fingerprint density at radius 3 is 2.60 bits per heavy atom. The molecule has 1 aliphatic heterocycles. The molecule has 0 aromatic heterocycles. The third kappa shape index (κ3) is 3.37. The molecule has 0 radical (unpaired) electrons. The van der Waals surface area contributed by atoms with Crippen molar-refractivity contribution in [2.24, 2.45) is 23.0 Å². The summed E-state index contributed by atoms with van der Waals surface area (Å²) < 4.78 is 0. The summed E-state index contributed by atoms with van der Waals surface area (Å²) in [6, 6.07) is 1.14. The van der Waals surface area contributed by atoms with Crippen molar-refractivity contribution in [2.75, 3.05) is 33.7 Å². The van der Waals surface area contributed by atoms with Crippen molar-refractivity contribution < 1.29 is 0 Å². The van der Waals surface area contributed by atoms with Crippen molar-refractivity contribution >= 4 is 0 Å². The van der Waals surface area contributed by atoms with Crippen molar-refractivity contribution in [1.29, 1.82) is 0 Å². The molecule has 0 spiro atoms. The molecular formula is C17H35N3. The van der Waals surface area contributed by atoms with E-state index in [2.05, 4.69) is 44.7 Å². The molecule has 0 bridgehead atoms. The second-order valence-electron chi connectivity index (χ2n) is 8.05. The van der Waals surface area contributed by atoms with Crippen molar-refractivity contribution in [2.45, 2.75) is 58.5 Å². The average molecular weight is 281 g/mol. The van der Waals surface area contributed by atoms with Crippen LogP contribution < -0.4 is 5.73 Å². The molecule has 1 heterocycles. The van der Waals surface area contributed by atoms with Crippen LogP contribution in [0.2, 0.25) is 0 Å². The van der Waals surface area contributed by atoms with Crippen molar-refractivity contribution in [3.05, 3.63) is 0 Å². The Hall–Kier alpha value is -0.120. The Kier molecular flexibility index (Phi) is 5.14. The Morgan fingerprint density at radius 2 is 1.95 bits per heavy atom. The van der Waals surface area contributed by atoms with Crippen LogP contribution in [0.15, 0.2) is 0 Å². The van der Waals surface area contributed by atoms with E-state index in [-0.39, 0.29) is 0 Å². The molecule has 0 aromatic rings. The Labute approximate surface area is 125 Å². The smallest absolute Gasteiger partial charge is 0.0220 e. The molecule has 20 heavy (non-hydrogen) atoms. The Morgan fingerprint density at radius 1 is 1.25 bits per heavy atom. The zero-order chi connectivity index (χ0) is 14.9. The molecule has 1 saturated carbocycles. The summed E-state index contributed by atoms with van der Waals surface area (Å²) >= 11 is 0. The van der Waals surface area contributed by atoms with Gasteiger partial charge in [-0.25, -0.2) is 0 Å². The predicted molar refractivity (Wildman–Crippen MR) is 86.8 cm³/mol. The molecule has 2 N–H and O–H groups in total. The zero-order valence-corrected chi connectivity index (χ0v) is 14.2. The SMILES string of the molecule is CC1C(N)CCC(CN(C)C2CCCN(C)C2)C1(C)C. The fourth-order valence-corrected chi connectivity index (χ4v) is 4.26. The Balaban J connectivity index is 1.94. The molecule has 3 heteroatoms. The van der Waals surface area contributed by atoms with E-state index in [0.717, 1.165) is 12.0 Å². The summed E-state index contributed by atoms with van der Waals surface area (Å²) in [7, 11) is 4.59. The number of nitrogens with two attached hydrogens (primary N) is 1. The Bertz CT molecular complexity index is 315. The molecule has 1 aliphatic carbocycles. The number of likely N-dealkylation sites (tertiary alicyclic amines) is 1. The van der Waals surface area contributed by atoms with E-state index >= 15 is 0 Å². The number of rotatable bonds is 3. The van der Waals surface area contributed by atoms with Crippen molar-refractivity contribution in [3.8, 4) is 0 Å². The predicted octanol–water partition coefficient (Wildman–Crippen LogP) is 2.41. The van der Waals surface area contributed by atoms with Crippen molar-refractivity contribution in [3.63, 3.8) is 0 Å². The fraction of sp³-hybridized carbons (Fsp3) is 1.00. The lowest BCUT2D eigenvalue weighted by Crippen LogP contribution is -2.52. The van der Waals surface area contributed by atoms with E-state index in [4.69, 9.17) is 5.73 Å². The van der Waals surface area contributed by atoms with Gasteiger partial charge in [0.2, 0.25) is 0 Å². The van der Waals surface area contributed by atoms with Crippen LogP contribution in [0.4, 0.5) is 0 Å². The van der Waals surface area contributed by atoms with Gasteiger partial charge < -0.3 is 15.5 Å². The molecular weight excluding hydrogens is 246 g/mol. The molecule has 4 unspecified atom stereocenters. The van der Waals surface area contributed by atoms with Gasteiger partial charge in [0.1, 0.15) is 0 Å². The van der Waals surface area contributed by atoms with Crippen LogP contribution in [0.5, 0.6) is 0 Å². The molecule has 0 aromatic carbocycles. The molecule has 0 amide bonds. The maximum atomic E-state index is 6.29. The first-order valence-corrected chi connectivity index (χ1v) is 8.46. The number of piperidine rings is 1. The normalized spacial score (nSPS) is 39.1. The molecule has 1 saturated heterocycles. The zero-order valence-electron chi connectivity index (χ0n) is 14.2. The highest BCUT2D eigenvalue weighted by atomic mass is 15.2. The molecule has 3 nitrogen and oxygen atoms in total. The van der Waals surface area contributed by atoms with Crippen LogP contribution in [0.1, 0.15) is 46.5 Å². The summed E-state index contributed by atoms with van der Waals surface area (Å²) in [6.07, 6.45) is 5.21. The van der Waals surface area contributed by atoms with Gasteiger partial charge in [0.05, 0.1) is 0 Å². The summed E-state index contributed by atoms with van der Waals surface area (Å²) in [6.45, 7) is 11.0. The largest absolute Gasteiger partial charge is 0.327 e. The monoisotopic (exact) mass is 281 g/mol. The maximum Gasteiger partial charge on any atom is 0.0220 e. The first kappa shape index (κ1) is 16.3. The van der Waals surface area contributed by atoms with Crippen LogP contribution >= 0.6 is 0 Å². The third-order valence-corrected chi connectivity index (χ3v) is 6.45. The van der Waals surface area contributed by atoms with E-state index < -0.39 is 0 Å². The van der Waals surface area contributed by atoms with Crippen LogP contribution in [0.3, 0.4) is 0 Å². The number of nitrogens with zero attached hydrogens (tertiary/aromatic N) is 2. The average Bonchev–Trinajstić information content (AvgIpc) is 2.40. The van der Waals surface area contributed by atoms with Crippen LogP contribution in [-0.2, 0) is 0 Å². The quantitative estimate of drug-likeness (QED) is 0.862. The standard InChI is InChI=1S/C17H35N3/c1-13-16(18)9-8-14(17(13,2)3)11-20(5)15-7-6-10-19(4)12-15/h13-16H,6-12,18H2,1-5H3. The molecule has 4 atom stereocenters.